The Bertz CT molecular complexity index is 382. The number of hydrogen-bond acceptors (Lipinski definition) is 4. The van der Waals surface area contributed by atoms with Crippen molar-refractivity contribution in [3.05, 3.63) is 0 Å². The summed E-state index contributed by atoms with van der Waals surface area (Å²) in [4.78, 5) is 2.64. The standard InChI is InChI=1S/C17H29N3O/c1-21-12-14-6-9-20(10-7-14)16-3-2-8-17(11-16,13-18)19-15-4-5-15/h14-16,19H,2-12H2,1H3. The van der Waals surface area contributed by atoms with Crippen LogP contribution in [-0.2, 0) is 4.74 Å². The van der Waals surface area contributed by atoms with Gasteiger partial charge in [0, 0.05) is 25.8 Å². The Balaban J connectivity index is 1.55. The fraction of sp³-hybridized carbons (Fsp3) is 0.941. The van der Waals surface area contributed by atoms with Gasteiger partial charge in [0.2, 0.25) is 0 Å². The minimum atomic E-state index is -0.243. The summed E-state index contributed by atoms with van der Waals surface area (Å²) in [5, 5.41) is 13.3. The summed E-state index contributed by atoms with van der Waals surface area (Å²) in [5.74, 6) is 0.736. The normalized spacial score (nSPS) is 35.5. The van der Waals surface area contributed by atoms with Gasteiger partial charge in [-0.3, -0.25) is 5.32 Å². The molecule has 0 aromatic rings. The maximum absolute atomic E-state index is 9.70. The molecule has 1 heterocycles. The lowest BCUT2D eigenvalue weighted by Gasteiger charge is -2.44. The summed E-state index contributed by atoms with van der Waals surface area (Å²) in [6, 6.07) is 3.86. The molecule has 3 rings (SSSR count). The van der Waals surface area contributed by atoms with Crippen LogP contribution in [0, 0.1) is 17.2 Å². The van der Waals surface area contributed by atoms with Crippen molar-refractivity contribution in [2.24, 2.45) is 5.92 Å². The second-order valence-electron chi connectivity index (χ2n) is 7.30. The van der Waals surface area contributed by atoms with Crippen molar-refractivity contribution in [1.29, 1.82) is 5.26 Å². The van der Waals surface area contributed by atoms with Crippen molar-refractivity contribution < 1.29 is 4.74 Å². The molecular formula is C17H29N3O. The average molecular weight is 291 g/mol. The van der Waals surface area contributed by atoms with Crippen LogP contribution in [0.15, 0.2) is 0 Å². The van der Waals surface area contributed by atoms with Gasteiger partial charge < -0.3 is 9.64 Å². The molecule has 1 aliphatic heterocycles. The van der Waals surface area contributed by atoms with E-state index in [9.17, 15) is 5.26 Å². The van der Waals surface area contributed by atoms with Crippen molar-refractivity contribution in [2.75, 3.05) is 26.8 Å². The SMILES string of the molecule is COCC1CCN(C2CCCC(C#N)(NC3CC3)C2)CC1. The van der Waals surface area contributed by atoms with Gasteiger partial charge in [-0.05, 0) is 70.4 Å². The van der Waals surface area contributed by atoms with Gasteiger partial charge in [-0.25, -0.2) is 0 Å². The second kappa shape index (κ2) is 6.64. The van der Waals surface area contributed by atoms with E-state index in [0.29, 0.717) is 12.1 Å². The van der Waals surface area contributed by atoms with Crippen molar-refractivity contribution in [1.82, 2.24) is 10.2 Å². The molecule has 3 aliphatic rings. The third-order valence-electron chi connectivity index (χ3n) is 5.56. The van der Waals surface area contributed by atoms with Gasteiger partial charge in [-0.1, -0.05) is 0 Å². The lowest BCUT2D eigenvalue weighted by atomic mass is 9.78. The molecule has 2 aliphatic carbocycles. The van der Waals surface area contributed by atoms with E-state index >= 15 is 0 Å². The summed E-state index contributed by atoms with van der Waals surface area (Å²) in [6.07, 6.45) is 9.54. The number of ether oxygens (including phenoxy) is 1. The fourth-order valence-corrected chi connectivity index (χ4v) is 4.16. The van der Waals surface area contributed by atoms with Crippen molar-refractivity contribution >= 4 is 0 Å². The number of nitriles is 1. The third kappa shape index (κ3) is 3.77. The van der Waals surface area contributed by atoms with Crippen LogP contribution in [0.2, 0.25) is 0 Å². The average Bonchev–Trinajstić information content (AvgIpc) is 3.32. The highest BCUT2D eigenvalue weighted by Crippen LogP contribution is 2.35. The number of piperidine rings is 1. The molecule has 4 heteroatoms. The molecule has 0 spiro atoms. The minimum absolute atomic E-state index is 0.243. The first-order chi connectivity index (χ1) is 10.2. The maximum atomic E-state index is 9.70. The first-order valence-corrected chi connectivity index (χ1v) is 8.66. The molecule has 0 amide bonds. The Morgan fingerprint density at radius 3 is 2.62 bits per heavy atom. The first kappa shape index (κ1) is 15.3. The predicted octanol–water partition coefficient (Wildman–Crippen LogP) is 2.30. The molecule has 4 nitrogen and oxygen atoms in total. The second-order valence-corrected chi connectivity index (χ2v) is 7.30. The molecule has 2 saturated carbocycles. The van der Waals surface area contributed by atoms with Crippen LogP contribution in [0.4, 0.5) is 0 Å². The van der Waals surface area contributed by atoms with E-state index in [0.717, 1.165) is 25.4 Å². The molecule has 3 fully saturated rings. The molecule has 1 saturated heterocycles. The summed E-state index contributed by atoms with van der Waals surface area (Å²) in [7, 11) is 1.80. The van der Waals surface area contributed by atoms with Gasteiger partial charge in [-0.2, -0.15) is 5.26 Å². The summed E-state index contributed by atoms with van der Waals surface area (Å²) < 4.78 is 5.29. The molecule has 0 aromatic carbocycles. The first-order valence-electron chi connectivity index (χ1n) is 8.66. The van der Waals surface area contributed by atoms with Gasteiger partial charge in [0.25, 0.3) is 0 Å². The Hall–Kier alpha value is -0.630. The number of methoxy groups -OCH3 is 1. The van der Waals surface area contributed by atoms with Crippen molar-refractivity contribution in [3.63, 3.8) is 0 Å². The summed E-state index contributed by atoms with van der Waals surface area (Å²) in [6.45, 7) is 3.27. The molecule has 118 valence electrons. The van der Waals surface area contributed by atoms with Gasteiger partial charge in [0.15, 0.2) is 0 Å². The van der Waals surface area contributed by atoms with Crippen LogP contribution in [0.5, 0.6) is 0 Å². The fourth-order valence-electron chi connectivity index (χ4n) is 4.16. The van der Waals surface area contributed by atoms with Crippen molar-refractivity contribution in [2.45, 2.75) is 69.0 Å². The Morgan fingerprint density at radius 2 is 2.00 bits per heavy atom. The summed E-state index contributed by atoms with van der Waals surface area (Å²) >= 11 is 0. The topological polar surface area (TPSA) is 48.3 Å². The van der Waals surface area contributed by atoms with Crippen LogP contribution < -0.4 is 5.32 Å². The molecule has 0 bridgehead atoms. The molecule has 2 atom stereocenters. The number of nitrogens with one attached hydrogen (secondary N) is 1. The van der Waals surface area contributed by atoms with Crippen LogP contribution in [0.3, 0.4) is 0 Å². The molecule has 1 N–H and O–H groups in total. The quantitative estimate of drug-likeness (QED) is 0.844. The number of rotatable bonds is 5. The highest BCUT2D eigenvalue weighted by molar-refractivity contribution is 5.13. The number of nitrogens with zero attached hydrogens (tertiary/aromatic N) is 2. The number of likely N-dealkylation sites (tertiary alicyclic amines) is 1. The zero-order valence-corrected chi connectivity index (χ0v) is 13.3. The summed E-state index contributed by atoms with van der Waals surface area (Å²) in [5.41, 5.74) is -0.243. The Labute approximate surface area is 128 Å². The van der Waals surface area contributed by atoms with Crippen molar-refractivity contribution in [3.8, 4) is 6.07 Å². The lowest BCUT2D eigenvalue weighted by Crippen LogP contribution is -2.54. The van der Waals surface area contributed by atoms with Gasteiger partial charge in [0.1, 0.15) is 5.54 Å². The molecule has 2 unspecified atom stereocenters. The van der Waals surface area contributed by atoms with Crippen LogP contribution in [-0.4, -0.2) is 49.3 Å². The van der Waals surface area contributed by atoms with Gasteiger partial charge >= 0.3 is 0 Å². The molecule has 0 aromatic heterocycles. The zero-order chi connectivity index (χ0) is 14.7. The lowest BCUT2D eigenvalue weighted by molar-refractivity contribution is 0.0563. The highest BCUT2D eigenvalue weighted by atomic mass is 16.5. The Kier molecular flexibility index (Phi) is 4.83. The number of hydrogen-bond donors (Lipinski definition) is 1. The van der Waals surface area contributed by atoms with Crippen LogP contribution in [0.25, 0.3) is 0 Å². The van der Waals surface area contributed by atoms with Gasteiger partial charge in [-0.15, -0.1) is 0 Å². The van der Waals surface area contributed by atoms with E-state index in [4.69, 9.17) is 4.74 Å². The highest BCUT2D eigenvalue weighted by Gasteiger charge is 2.42. The van der Waals surface area contributed by atoms with E-state index < -0.39 is 0 Å². The van der Waals surface area contributed by atoms with Gasteiger partial charge in [0.05, 0.1) is 6.07 Å². The predicted molar refractivity (Wildman–Crippen MR) is 82.9 cm³/mol. The largest absolute Gasteiger partial charge is 0.384 e. The van der Waals surface area contributed by atoms with E-state index in [2.05, 4.69) is 16.3 Å². The molecule has 0 radical (unpaired) electrons. The van der Waals surface area contributed by atoms with Crippen LogP contribution >= 0.6 is 0 Å². The molecular weight excluding hydrogens is 262 g/mol. The Morgan fingerprint density at radius 1 is 1.24 bits per heavy atom. The van der Waals surface area contributed by atoms with E-state index in [-0.39, 0.29) is 5.54 Å². The third-order valence-corrected chi connectivity index (χ3v) is 5.56. The van der Waals surface area contributed by atoms with E-state index in [1.165, 1.54) is 51.6 Å². The van der Waals surface area contributed by atoms with Crippen LogP contribution in [0.1, 0.15) is 51.4 Å². The zero-order valence-electron chi connectivity index (χ0n) is 13.3. The monoisotopic (exact) mass is 291 g/mol. The smallest absolute Gasteiger partial charge is 0.108 e. The molecule has 21 heavy (non-hydrogen) atoms. The van der Waals surface area contributed by atoms with E-state index in [1.54, 1.807) is 7.11 Å². The van der Waals surface area contributed by atoms with E-state index in [1.807, 2.05) is 0 Å². The maximum Gasteiger partial charge on any atom is 0.108 e. The minimum Gasteiger partial charge on any atom is -0.384 e.